The highest BCUT2D eigenvalue weighted by Gasteiger charge is 2.16. The van der Waals surface area contributed by atoms with Crippen molar-refractivity contribution in [3.63, 3.8) is 0 Å². The van der Waals surface area contributed by atoms with Crippen LogP contribution in [0.2, 0.25) is 5.02 Å². The second-order valence-corrected chi connectivity index (χ2v) is 6.42. The molecule has 0 spiro atoms. The average molecular weight is 371 g/mol. The summed E-state index contributed by atoms with van der Waals surface area (Å²) < 4.78 is 11.2. The molecule has 0 radical (unpaired) electrons. The summed E-state index contributed by atoms with van der Waals surface area (Å²) in [5, 5.41) is 12.3. The van der Waals surface area contributed by atoms with E-state index in [1.54, 1.807) is 0 Å². The fourth-order valence-electron chi connectivity index (χ4n) is 2.92. The number of aromatic nitrogens is 2. The van der Waals surface area contributed by atoms with Crippen LogP contribution in [0.3, 0.4) is 0 Å². The number of anilines is 2. The number of hydrogen-bond donors (Lipinski definition) is 1. The minimum absolute atomic E-state index is 0.428. The maximum atomic E-state index is 6.19. The standard InChI is InChI=1S/C19H19ClN4O2/c20-15-6-7-17(24-8-10-25-11-9-24)16(12-15)21-13-18-22-23-19(26-18)14-4-2-1-3-5-14/h1-7,12,21H,8-11,13H2. The Balaban J connectivity index is 1.49. The van der Waals surface area contributed by atoms with E-state index in [4.69, 9.17) is 20.8 Å². The lowest BCUT2D eigenvalue weighted by Crippen LogP contribution is -2.36. The van der Waals surface area contributed by atoms with Gasteiger partial charge >= 0.3 is 0 Å². The van der Waals surface area contributed by atoms with Gasteiger partial charge < -0.3 is 19.4 Å². The van der Waals surface area contributed by atoms with Gasteiger partial charge in [0, 0.05) is 23.7 Å². The first kappa shape index (κ1) is 16.9. The van der Waals surface area contributed by atoms with Crippen LogP contribution in [-0.4, -0.2) is 36.5 Å². The predicted octanol–water partition coefficient (Wildman–Crippen LogP) is 3.84. The number of hydrogen-bond acceptors (Lipinski definition) is 6. The molecule has 1 aliphatic heterocycles. The van der Waals surface area contributed by atoms with Crippen LogP contribution in [0.5, 0.6) is 0 Å². The lowest BCUT2D eigenvalue weighted by Gasteiger charge is -2.30. The molecule has 6 nitrogen and oxygen atoms in total. The molecule has 7 heteroatoms. The zero-order valence-electron chi connectivity index (χ0n) is 14.2. The van der Waals surface area contributed by atoms with Crippen molar-refractivity contribution in [3.05, 3.63) is 59.4 Å². The van der Waals surface area contributed by atoms with Gasteiger partial charge in [-0.05, 0) is 30.3 Å². The Hall–Kier alpha value is -2.57. The van der Waals surface area contributed by atoms with E-state index in [0.29, 0.717) is 23.3 Å². The van der Waals surface area contributed by atoms with E-state index in [2.05, 4.69) is 20.4 Å². The van der Waals surface area contributed by atoms with Gasteiger partial charge in [-0.25, -0.2) is 0 Å². The van der Waals surface area contributed by atoms with Crippen LogP contribution < -0.4 is 10.2 Å². The number of rotatable bonds is 5. The summed E-state index contributed by atoms with van der Waals surface area (Å²) in [4.78, 5) is 2.28. The summed E-state index contributed by atoms with van der Waals surface area (Å²) in [7, 11) is 0. The van der Waals surface area contributed by atoms with Crippen LogP contribution in [0.15, 0.2) is 52.9 Å². The van der Waals surface area contributed by atoms with Crippen LogP contribution >= 0.6 is 11.6 Å². The molecule has 0 aliphatic carbocycles. The second-order valence-electron chi connectivity index (χ2n) is 5.98. The molecule has 0 unspecified atom stereocenters. The molecule has 0 amide bonds. The molecule has 3 aromatic rings. The van der Waals surface area contributed by atoms with Gasteiger partial charge in [0.2, 0.25) is 11.8 Å². The number of benzene rings is 2. The third kappa shape index (κ3) is 3.81. The highest BCUT2D eigenvalue weighted by molar-refractivity contribution is 6.31. The summed E-state index contributed by atoms with van der Waals surface area (Å²) >= 11 is 6.19. The smallest absolute Gasteiger partial charge is 0.247 e. The first-order chi connectivity index (χ1) is 12.8. The topological polar surface area (TPSA) is 63.4 Å². The van der Waals surface area contributed by atoms with Gasteiger partial charge in [0.15, 0.2) is 0 Å². The van der Waals surface area contributed by atoms with Crippen LogP contribution in [-0.2, 0) is 11.3 Å². The molecule has 2 aromatic carbocycles. The van der Waals surface area contributed by atoms with E-state index in [0.717, 1.165) is 43.2 Å². The van der Waals surface area contributed by atoms with E-state index in [-0.39, 0.29) is 0 Å². The minimum Gasteiger partial charge on any atom is -0.419 e. The third-order valence-corrected chi connectivity index (χ3v) is 4.46. The Kier molecular flexibility index (Phi) is 5.04. The van der Waals surface area contributed by atoms with Crippen molar-refractivity contribution in [1.82, 2.24) is 10.2 Å². The van der Waals surface area contributed by atoms with Crippen molar-refractivity contribution < 1.29 is 9.15 Å². The van der Waals surface area contributed by atoms with E-state index in [9.17, 15) is 0 Å². The molecular weight excluding hydrogens is 352 g/mol. The fourth-order valence-corrected chi connectivity index (χ4v) is 3.10. The van der Waals surface area contributed by atoms with Gasteiger partial charge in [-0.15, -0.1) is 10.2 Å². The maximum absolute atomic E-state index is 6.19. The van der Waals surface area contributed by atoms with Crippen molar-refractivity contribution in [2.45, 2.75) is 6.54 Å². The zero-order chi connectivity index (χ0) is 17.8. The number of morpholine rings is 1. The quantitative estimate of drug-likeness (QED) is 0.736. The molecule has 1 saturated heterocycles. The summed E-state index contributed by atoms with van der Waals surface area (Å²) in [6.07, 6.45) is 0. The monoisotopic (exact) mass is 370 g/mol. The highest BCUT2D eigenvalue weighted by Crippen LogP contribution is 2.30. The predicted molar refractivity (Wildman–Crippen MR) is 102 cm³/mol. The normalized spacial score (nSPS) is 14.4. The van der Waals surface area contributed by atoms with Crippen LogP contribution in [0.1, 0.15) is 5.89 Å². The number of halogens is 1. The molecule has 1 aliphatic rings. The van der Waals surface area contributed by atoms with E-state index < -0.39 is 0 Å². The molecule has 0 bridgehead atoms. The number of ether oxygens (including phenoxy) is 1. The molecule has 2 heterocycles. The van der Waals surface area contributed by atoms with Gasteiger partial charge in [0.05, 0.1) is 31.1 Å². The SMILES string of the molecule is Clc1ccc(N2CCOCC2)c(NCc2nnc(-c3ccccc3)o2)c1. The molecule has 1 fully saturated rings. The Labute approximate surface area is 156 Å². The molecule has 1 N–H and O–H groups in total. The summed E-state index contributed by atoms with van der Waals surface area (Å²) in [6, 6.07) is 15.6. The molecular formula is C19H19ClN4O2. The maximum Gasteiger partial charge on any atom is 0.247 e. The molecule has 4 rings (SSSR count). The van der Waals surface area contributed by atoms with E-state index in [1.165, 1.54) is 0 Å². The third-order valence-electron chi connectivity index (χ3n) is 4.23. The summed E-state index contributed by atoms with van der Waals surface area (Å²) in [6.45, 7) is 3.60. The van der Waals surface area contributed by atoms with Crippen LogP contribution in [0, 0.1) is 0 Å². The molecule has 0 saturated carbocycles. The summed E-state index contributed by atoms with van der Waals surface area (Å²) in [5.74, 6) is 1.04. The molecule has 134 valence electrons. The van der Waals surface area contributed by atoms with Gasteiger partial charge in [-0.2, -0.15) is 0 Å². The summed E-state index contributed by atoms with van der Waals surface area (Å²) in [5.41, 5.74) is 2.95. The van der Waals surface area contributed by atoms with Gasteiger partial charge in [-0.1, -0.05) is 29.8 Å². The Bertz CT molecular complexity index is 863. The second kappa shape index (κ2) is 7.76. The lowest BCUT2D eigenvalue weighted by molar-refractivity contribution is 0.123. The first-order valence-corrected chi connectivity index (χ1v) is 8.91. The molecule has 1 aromatic heterocycles. The average Bonchev–Trinajstić information content (AvgIpc) is 3.17. The first-order valence-electron chi connectivity index (χ1n) is 8.53. The number of nitrogens with one attached hydrogen (secondary N) is 1. The molecule has 0 atom stereocenters. The van der Waals surface area contributed by atoms with Crippen LogP contribution in [0.4, 0.5) is 11.4 Å². The lowest BCUT2D eigenvalue weighted by atomic mass is 10.2. The Morgan fingerprint density at radius 1 is 1.04 bits per heavy atom. The van der Waals surface area contributed by atoms with E-state index in [1.807, 2.05) is 48.5 Å². The van der Waals surface area contributed by atoms with Crippen molar-refractivity contribution in [2.24, 2.45) is 0 Å². The number of nitrogens with zero attached hydrogens (tertiary/aromatic N) is 3. The van der Waals surface area contributed by atoms with Gasteiger partial charge in [-0.3, -0.25) is 0 Å². The van der Waals surface area contributed by atoms with Crippen molar-refractivity contribution in [2.75, 3.05) is 36.5 Å². The van der Waals surface area contributed by atoms with Crippen molar-refractivity contribution in [3.8, 4) is 11.5 Å². The van der Waals surface area contributed by atoms with E-state index >= 15 is 0 Å². The highest BCUT2D eigenvalue weighted by atomic mass is 35.5. The fraction of sp³-hybridized carbons (Fsp3) is 0.263. The Morgan fingerprint density at radius 2 is 1.85 bits per heavy atom. The largest absolute Gasteiger partial charge is 0.419 e. The van der Waals surface area contributed by atoms with Crippen molar-refractivity contribution in [1.29, 1.82) is 0 Å². The van der Waals surface area contributed by atoms with Gasteiger partial charge in [0.25, 0.3) is 0 Å². The van der Waals surface area contributed by atoms with Crippen molar-refractivity contribution >= 4 is 23.0 Å². The molecule has 26 heavy (non-hydrogen) atoms. The minimum atomic E-state index is 0.428. The van der Waals surface area contributed by atoms with Gasteiger partial charge in [0.1, 0.15) is 0 Å². The van der Waals surface area contributed by atoms with Crippen LogP contribution in [0.25, 0.3) is 11.5 Å². The Morgan fingerprint density at radius 3 is 2.65 bits per heavy atom. The zero-order valence-corrected chi connectivity index (χ0v) is 14.9.